The Hall–Kier alpha value is -2.29. The number of hydrogen-bond donors (Lipinski definition) is 0. The highest BCUT2D eigenvalue weighted by Gasteiger charge is 2.22. The van der Waals surface area contributed by atoms with E-state index in [0.29, 0.717) is 11.5 Å². The van der Waals surface area contributed by atoms with Crippen molar-refractivity contribution in [1.29, 1.82) is 0 Å². The molecule has 0 heterocycles. The van der Waals surface area contributed by atoms with Gasteiger partial charge in [-0.25, -0.2) is 13.2 Å². The fraction of sp³-hybridized carbons (Fsp3) is 0.385. The molecule has 0 radical (unpaired) electrons. The Morgan fingerprint density at radius 3 is 2.31 bits per heavy atom. The smallest absolute Gasteiger partial charge is 0.169 e. The van der Waals surface area contributed by atoms with Crippen LogP contribution in [0.25, 0.3) is 11.6 Å². The van der Waals surface area contributed by atoms with E-state index in [2.05, 4.69) is 18.7 Å². The second-order valence-electron chi connectivity index (χ2n) is 8.26. The first kappa shape index (κ1) is 21.4. The minimum atomic E-state index is -1.12. The minimum absolute atomic E-state index is 0.0277. The number of benzene rings is 2. The highest BCUT2D eigenvalue weighted by Crippen LogP contribution is 2.37. The van der Waals surface area contributed by atoms with E-state index in [9.17, 15) is 13.2 Å². The van der Waals surface area contributed by atoms with Gasteiger partial charge in [-0.15, -0.1) is 6.58 Å². The molecule has 0 saturated heterocycles. The fourth-order valence-corrected chi connectivity index (χ4v) is 4.40. The monoisotopic (exact) mass is 398 g/mol. The Morgan fingerprint density at radius 2 is 1.69 bits per heavy atom. The third-order valence-corrected chi connectivity index (χ3v) is 6.15. The Kier molecular flexibility index (Phi) is 7.00. The molecule has 1 fully saturated rings. The summed E-state index contributed by atoms with van der Waals surface area (Å²) in [6.45, 7) is 6.77. The van der Waals surface area contributed by atoms with Crippen molar-refractivity contribution in [1.82, 2.24) is 0 Å². The van der Waals surface area contributed by atoms with Gasteiger partial charge < -0.3 is 0 Å². The highest BCUT2D eigenvalue weighted by molar-refractivity contribution is 5.80. The summed E-state index contributed by atoms with van der Waals surface area (Å²) in [5.74, 6) is -1.46. The van der Waals surface area contributed by atoms with Crippen molar-refractivity contribution in [3.63, 3.8) is 0 Å². The number of aryl methyl sites for hydroxylation is 1. The molecule has 0 N–H and O–H groups in total. The van der Waals surface area contributed by atoms with Crippen molar-refractivity contribution in [3.05, 3.63) is 82.7 Å². The lowest BCUT2D eigenvalue weighted by molar-refractivity contribution is 0.312. The first-order valence-corrected chi connectivity index (χ1v) is 10.4. The van der Waals surface area contributed by atoms with E-state index in [1.807, 2.05) is 18.2 Å². The van der Waals surface area contributed by atoms with E-state index in [1.54, 1.807) is 13.0 Å². The van der Waals surface area contributed by atoms with Crippen LogP contribution in [0.4, 0.5) is 13.2 Å². The van der Waals surface area contributed by atoms with Crippen molar-refractivity contribution < 1.29 is 13.2 Å². The molecular weight excluding hydrogens is 369 g/mol. The summed E-state index contributed by atoms with van der Waals surface area (Å²) in [7, 11) is 0. The summed E-state index contributed by atoms with van der Waals surface area (Å²) in [6, 6.07) is 9.21. The van der Waals surface area contributed by atoms with Crippen LogP contribution in [0.2, 0.25) is 0 Å². The average Bonchev–Trinajstić information content (AvgIpc) is 2.71. The lowest BCUT2D eigenvalue weighted by Gasteiger charge is -2.28. The number of halogens is 3. The molecule has 2 aromatic rings. The summed E-state index contributed by atoms with van der Waals surface area (Å²) in [6.07, 6.45) is 11.0. The molecule has 154 valence electrons. The van der Waals surface area contributed by atoms with Crippen LogP contribution in [-0.2, 0) is 0 Å². The van der Waals surface area contributed by atoms with Crippen molar-refractivity contribution >= 4 is 11.6 Å². The van der Waals surface area contributed by atoms with E-state index >= 15 is 0 Å². The number of allylic oxidation sites excluding steroid dienone is 2. The van der Waals surface area contributed by atoms with E-state index in [4.69, 9.17) is 0 Å². The van der Waals surface area contributed by atoms with E-state index in [-0.39, 0.29) is 11.1 Å². The van der Waals surface area contributed by atoms with Crippen LogP contribution in [0.5, 0.6) is 0 Å². The third kappa shape index (κ3) is 5.01. The maximum Gasteiger partial charge on any atom is 0.169 e. The van der Waals surface area contributed by atoms with Gasteiger partial charge in [0.25, 0.3) is 0 Å². The van der Waals surface area contributed by atoms with Crippen LogP contribution < -0.4 is 0 Å². The predicted octanol–water partition coefficient (Wildman–Crippen LogP) is 8.21. The Balaban J connectivity index is 1.71. The Morgan fingerprint density at radius 1 is 1.03 bits per heavy atom. The molecule has 1 saturated carbocycles. The molecule has 0 amide bonds. The summed E-state index contributed by atoms with van der Waals surface area (Å²) < 4.78 is 42.3. The standard InChI is InChI=1S/C26H29F3/c1-4-5-6-19-7-11-21(12-8-19)22-13-9-20(10-14-22)15-17(2)24-23(27)16-18(3)25(28)26(24)29/h4,9-10,13-16,19,21H,1,5-8,11-12H2,2-3H3. The molecule has 0 aromatic heterocycles. The molecule has 1 aliphatic carbocycles. The molecule has 1 aliphatic rings. The zero-order valence-corrected chi connectivity index (χ0v) is 17.3. The van der Waals surface area contributed by atoms with Gasteiger partial charge in [0.2, 0.25) is 0 Å². The largest absolute Gasteiger partial charge is 0.206 e. The maximum absolute atomic E-state index is 14.2. The molecule has 3 rings (SSSR count). The SMILES string of the molecule is C=CCCC1CCC(c2ccc(C=C(C)c3c(F)cc(C)c(F)c3F)cc2)CC1. The summed E-state index contributed by atoms with van der Waals surface area (Å²) in [4.78, 5) is 0. The van der Waals surface area contributed by atoms with Gasteiger partial charge >= 0.3 is 0 Å². The molecule has 0 nitrogen and oxygen atoms in total. The normalized spacial score (nSPS) is 20.0. The summed E-state index contributed by atoms with van der Waals surface area (Å²) >= 11 is 0. The van der Waals surface area contributed by atoms with Gasteiger partial charge in [-0.05, 0) is 92.5 Å². The second-order valence-corrected chi connectivity index (χ2v) is 8.26. The van der Waals surface area contributed by atoms with Gasteiger partial charge in [0.1, 0.15) is 5.82 Å². The van der Waals surface area contributed by atoms with Crippen molar-refractivity contribution in [2.75, 3.05) is 0 Å². The molecule has 0 bridgehead atoms. The molecule has 0 spiro atoms. The lowest BCUT2D eigenvalue weighted by Crippen LogP contribution is -2.13. The minimum Gasteiger partial charge on any atom is -0.206 e. The number of rotatable bonds is 6. The Labute approximate surface area is 172 Å². The molecule has 0 unspecified atom stereocenters. The van der Waals surface area contributed by atoms with Crippen LogP contribution >= 0.6 is 0 Å². The maximum atomic E-state index is 14.2. The fourth-order valence-electron chi connectivity index (χ4n) is 4.40. The molecule has 2 aromatic carbocycles. The van der Waals surface area contributed by atoms with Gasteiger partial charge in [0.05, 0.1) is 5.56 Å². The van der Waals surface area contributed by atoms with E-state index in [1.165, 1.54) is 44.6 Å². The summed E-state index contributed by atoms with van der Waals surface area (Å²) in [5, 5.41) is 0. The van der Waals surface area contributed by atoms with Crippen LogP contribution in [0.1, 0.15) is 73.6 Å². The molecule has 0 aliphatic heterocycles. The lowest BCUT2D eigenvalue weighted by atomic mass is 9.77. The van der Waals surface area contributed by atoms with E-state index in [0.717, 1.165) is 24.0 Å². The summed E-state index contributed by atoms with van der Waals surface area (Å²) in [5.41, 5.74) is 2.22. The van der Waals surface area contributed by atoms with Crippen molar-refractivity contribution in [3.8, 4) is 0 Å². The third-order valence-electron chi connectivity index (χ3n) is 6.15. The highest BCUT2D eigenvalue weighted by atomic mass is 19.2. The van der Waals surface area contributed by atoms with Crippen LogP contribution in [-0.4, -0.2) is 0 Å². The average molecular weight is 399 g/mol. The van der Waals surface area contributed by atoms with Crippen molar-refractivity contribution in [2.24, 2.45) is 5.92 Å². The molecule has 0 atom stereocenters. The van der Waals surface area contributed by atoms with Crippen LogP contribution in [0, 0.1) is 30.3 Å². The zero-order chi connectivity index (χ0) is 21.0. The van der Waals surface area contributed by atoms with Gasteiger partial charge in [-0.2, -0.15) is 0 Å². The van der Waals surface area contributed by atoms with Crippen LogP contribution in [0.3, 0.4) is 0 Å². The zero-order valence-electron chi connectivity index (χ0n) is 17.3. The predicted molar refractivity (Wildman–Crippen MR) is 115 cm³/mol. The second kappa shape index (κ2) is 9.47. The first-order chi connectivity index (χ1) is 13.9. The van der Waals surface area contributed by atoms with Gasteiger partial charge in [0.15, 0.2) is 11.6 Å². The quantitative estimate of drug-likeness (QED) is 0.261. The molecule has 3 heteroatoms. The Bertz CT molecular complexity index is 885. The topological polar surface area (TPSA) is 0 Å². The van der Waals surface area contributed by atoms with Gasteiger partial charge in [-0.1, -0.05) is 36.4 Å². The van der Waals surface area contributed by atoms with Gasteiger partial charge in [0, 0.05) is 0 Å². The van der Waals surface area contributed by atoms with E-state index < -0.39 is 17.5 Å². The molecule has 29 heavy (non-hydrogen) atoms. The van der Waals surface area contributed by atoms with Crippen LogP contribution in [0.15, 0.2) is 43.0 Å². The molecular formula is C26H29F3. The number of hydrogen-bond acceptors (Lipinski definition) is 0. The first-order valence-electron chi connectivity index (χ1n) is 10.4. The van der Waals surface area contributed by atoms with Crippen molar-refractivity contribution in [2.45, 2.75) is 58.3 Å². The van der Waals surface area contributed by atoms with Gasteiger partial charge in [-0.3, -0.25) is 0 Å².